The van der Waals surface area contributed by atoms with Crippen LogP contribution in [-0.2, 0) is 6.18 Å². The minimum atomic E-state index is -4.56. The first-order valence-corrected chi connectivity index (χ1v) is 5.98. The molecule has 0 aliphatic rings. The number of aromatic nitrogens is 2. The summed E-state index contributed by atoms with van der Waals surface area (Å²) >= 11 is 0. The molecule has 2 aromatic carbocycles. The lowest BCUT2D eigenvalue weighted by Crippen LogP contribution is -2.14. The van der Waals surface area contributed by atoms with Crippen LogP contribution in [-0.4, -0.2) is 14.7 Å². The maximum absolute atomic E-state index is 13.0. The molecule has 4 nitrogen and oxygen atoms in total. The molecule has 0 unspecified atom stereocenters. The van der Waals surface area contributed by atoms with Gasteiger partial charge in [-0.05, 0) is 24.3 Å². The Hall–Kier alpha value is -2.70. The second kappa shape index (κ2) is 4.41. The number of rotatable bonds is 1. The molecule has 0 aliphatic heterocycles. The van der Waals surface area contributed by atoms with Crippen LogP contribution < -0.4 is 5.69 Å². The Kier molecular flexibility index (Phi) is 2.79. The minimum absolute atomic E-state index is 0.0827. The van der Waals surface area contributed by atoms with Crippen molar-refractivity contribution >= 4 is 11.0 Å². The molecular formula is C14H9F3N2O2. The van der Waals surface area contributed by atoms with Gasteiger partial charge in [0.2, 0.25) is 0 Å². The van der Waals surface area contributed by atoms with Gasteiger partial charge in [0.05, 0.1) is 22.3 Å². The monoisotopic (exact) mass is 294 g/mol. The number of benzene rings is 2. The van der Waals surface area contributed by atoms with Crippen molar-refractivity contribution in [2.24, 2.45) is 0 Å². The minimum Gasteiger partial charge on any atom is -0.508 e. The number of para-hydroxylation sites is 1. The second-order valence-electron chi connectivity index (χ2n) is 4.48. The molecule has 7 heteroatoms. The zero-order valence-electron chi connectivity index (χ0n) is 10.5. The van der Waals surface area contributed by atoms with Gasteiger partial charge in [-0.3, -0.25) is 4.57 Å². The largest absolute Gasteiger partial charge is 0.508 e. The number of H-pyrrole nitrogens is 1. The lowest BCUT2D eigenvalue weighted by Gasteiger charge is -2.08. The summed E-state index contributed by atoms with van der Waals surface area (Å²) in [4.78, 5) is 14.2. The zero-order valence-corrected chi connectivity index (χ0v) is 10.5. The lowest BCUT2D eigenvalue weighted by molar-refractivity contribution is -0.136. The summed E-state index contributed by atoms with van der Waals surface area (Å²) in [5, 5.41) is 9.45. The third-order valence-electron chi connectivity index (χ3n) is 3.11. The van der Waals surface area contributed by atoms with Gasteiger partial charge in [0.25, 0.3) is 0 Å². The van der Waals surface area contributed by atoms with E-state index in [2.05, 4.69) is 4.98 Å². The number of imidazole rings is 1. The number of hydrogen-bond donors (Lipinski definition) is 2. The molecule has 0 atom stereocenters. The van der Waals surface area contributed by atoms with Crippen molar-refractivity contribution in [3.63, 3.8) is 0 Å². The first kappa shape index (κ1) is 13.3. The highest BCUT2D eigenvalue weighted by molar-refractivity contribution is 5.81. The molecule has 1 aromatic heterocycles. The molecule has 0 amide bonds. The van der Waals surface area contributed by atoms with E-state index in [1.807, 2.05) is 0 Å². The summed E-state index contributed by atoms with van der Waals surface area (Å²) in [6.07, 6.45) is -4.56. The van der Waals surface area contributed by atoms with Gasteiger partial charge in [-0.1, -0.05) is 12.1 Å². The second-order valence-corrected chi connectivity index (χ2v) is 4.48. The van der Waals surface area contributed by atoms with Gasteiger partial charge in [-0.15, -0.1) is 0 Å². The fourth-order valence-electron chi connectivity index (χ4n) is 2.25. The van der Waals surface area contributed by atoms with Crippen LogP contribution in [0.3, 0.4) is 0 Å². The first-order chi connectivity index (χ1) is 9.88. The van der Waals surface area contributed by atoms with Gasteiger partial charge in [-0.2, -0.15) is 13.2 Å². The maximum atomic E-state index is 13.0. The van der Waals surface area contributed by atoms with E-state index < -0.39 is 17.4 Å². The summed E-state index contributed by atoms with van der Waals surface area (Å²) in [5.74, 6) is -0.0827. The number of nitrogens with one attached hydrogen (secondary N) is 1. The number of nitrogens with zero attached hydrogens (tertiary/aromatic N) is 1. The topological polar surface area (TPSA) is 58.0 Å². The van der Waals surface area contributed by atoms with E-state index in [0.29, 0.717) is 0 Å². The van der Waals surface area contributed by atoms with Gasteiger partial charge in [-0.25, -0.2) is 4.79 Å². The van der Waals surface area contributed by atoms with Crippen LogP contribution >= 0.6 is 0 Å². The Balaban J connectivity index is 2.36. The van der Waals surface area contributed by atoms with Crippen molar-refractivity contribution in [2.75, 3.05) is 0 Å². The van der Waals surface area contributed by atoms with E-state index in [9.17, 15) is 23.1 Å². The number of phenols is 1. The quantitative estimate of drug-likeness (QED) is 0.724. The number of phenolic OH excluding ortho intramolecular Hbond substituents is 1. The van der Waals surface area contributed by atoms with Crippen molar-refractivity contribution < 1.29 is 18.3 Å². The lowest BCUT2D eigenvalue weighted by atomic mass is 10.1. The SMILES string of the molecule is O=c1[nH]c2c(C(F)(F)F)cccc2n1-c1cccc(O)c1. The number of aromatic hydroxyl groups is 1. The van der Waals surface area contributed by atoms with E-state index in [1.54, 1.807) is 0 Å². The number of halogens is 3. The molecular weight excluding hydrogens is 285 g/mol. The summed E-state index contributed by atoms with van der Waals surface area (Å²) in [7, 11) is 0. The molecule has 21 heavy (non-hydrogen) atoms. The Morgan fingerprint density at radius 3 is 2.48 bits per heavy atom. The van der Waals surface area contributed by atoms with Crippen LogP contribution in [0.2, 0.25) is 0 Å². The molecule has 0 fully saturated rings. The maximum Gasteiger partial charge on any atom is 0.418 e. The van der Waals surface area contributed by atoms with Crippen LogP contribution in [0.15, 0.2) is 47.3 Å². The Morgan fingerprint density at radius 1 is 1.10 bits per heavy atom. The summed E-state index contributed by atoms with van der Waals surface area (Å²) < 4.78 is 39.9. The molecule has 3 rings (SSSR count). The van der Waals surface area contributed by atoms with Gasteiger partial charge < -0.3 is 10.1 Å². The summed E-state index contributed by atoms with van der Waals surface area (Å²) in [6, 6.07) is 9.28. The van der Waals surface area contributed by atoms with E-state index in [1.165, 1.54) is 36.4 Å². The standard InChI is InChI=1S/C14H9F3N2O2/c15-14(16,17)10-5-2-6-11-12(10)18-13(21)19(11)8-3-1-4-9(20)7-8/h1-7,20H,(H,18,21). The van der Waals surface area contributed by atoms with E-state index in [0.717, 1.165) is 10.6 Å². The van der Waals surface area contributed by atoms with E-state index in [4.69, 9.17) is 0 Å². The van der Waals surface area contributed by atoms with Crippen molar-refractivity contribution in [1.29, 1.82) is 0 Å². The summed E-state index contributed by atoms with van der Waals surface area (Å²) in [5.41, 5.74) is -1.51. The molecule has 0 aliphatic carbocycles. The fraction of sp³-hybridized carbons (Fsp3) is 0.0714. The van der Waals surface area contributed by atoms with Crippen molar-refractivity contribution in [2.45, 2.75) is 6.18 Å². The number of fused-ring (bicyclic) bond motifs is 1. The van der Waals surface area contributed by atoms with Gasteiger partial charge in [0.1, 0.15) is 5.75 Å². The van der Waals surface area contributed by atoms with Crippen LogP contribution in [0.1, 0.15) is 5.56 Å². The highest BCUT2D eigenvalue weighted by Gasteiger charge is 2.33. The molecule has 3 aromatic rings. The average Bonchev–Trinajstić information content (AvgIpc) is 2.73. The Morgan fingerprint density at radius 2 is 1.81 bits per heavy atom. The predicted molar refractivity (Wildman–Crippen MR) is 70.6 cm³/mol. The molecule has 1 heterocycles. The Bertz CT molecular complexity index is 878. The van der Waals surface area contributed by atoms with Crippen molar-refractivity contribution in [3.05, 3.63) is 58.5 Å². The van der Waals surface area contributed by atoms with Crippen LogP contribution in [0.25, 0.3) is 16.7 Å². The number of aromatic amines is 1. The van der Waals surface area contributed by atoms with E-state index >= 15 is 0 Å². The number of alkyl halides is 3. The predicted octanol–water partition coefficient (Wildman–Crippen LogP) is 3.04. The van der Waals surface area contributed by atoms with E-state index in [-0.39, 0.29) is 22.5 Å². The van der Waals surface area contributed by atoms with Crippen LogP contribution in [0, 0.1) is 0 Å². The highest BCUT2D eigenvalue weighted by atomic mass is 19.4. The molecule has 0 radical (unpaired) electrons. The third-order valence-corrected chi connectivity index (χ3v) is 3.11. The third kappa shape index (κ3) is 2.16. The number of hydrogen-bond acceptors (Lipinski definition) is 2. The molecule has 0 saturated carbocycles. The molecule has 0 bridgehead atoms. The van der Waals surface area contributed by atoms with Crippen LogP contribution in [0.4, 0.5) is 13.2 Å². The van der Waals surface area contributed by atoms with Gasteiger partial charge in [0, 0.05) is 6.07 Å². The Labute approximate surface area is 116 Å². The average molecular weight is 294 g/mol. The van der Waals surface area contributed by atoms with Crippen molar-refractivity contribution in [3.8, 4) is 11.4 Å². The first-order valence-electron chi connectivity index (χ1n) is 5.98. The van der Waals surface area contributed by atoms with Gasteiger partial charge in [0.15, 0.2) is 0 Å². The molecule has 0 saturated heterocycles. The highest BCUT2D eigenvalue weighted by Crippen LogP contribution is 2.34. The smallest absolute Gasteiger partial charge is 0.418 e. The van der Waals surface area contributed by atoms with Crippen LogP contribution in [0.5, 0.6) is 5.75 Å². The molecule has 2 N–H and O–H groups in total. The summed E-state index contributed by atoms with van der Waals surface area (Å²) in [6.45, 7) is 0. The molecule has 0 spiro atoms. The normalized spacial score (nSPS) is 12.0. The molecule has 108 valence electrons. The van der Waals surface area contributed by atoms with Gasteiger partial charge >= 0.3 is 11.9 Å². The zero-order chi connectivity index (χ0) is 15.2. The van der Waals surface area contributed by atoms with Crippen molar-refractivity contribution in [1.82, 2.24) is 9.55 Å². The fourth-order valence-corrected chi connectivity index (χ4v) is 2.25.